The Morgan fingerprint density at radius 1 is 1.38 bits per heavy atom. The maximum absolute atomic E-state index is 3.42. The van der Waals surface area contributed by atoms with Gasteiger partial charge in [0.15, 0.2) is 0 Å². The van der Waals surface area contributed by atoms with Gasteiger partial charge < -0.3 is 5.32 Å². The summed E-state index contributed by atoms with van der Waals surface area (Å²) in [6, 6.07) is 0.606. The first-order chi connectivity index (χ1) is 6.13. The summed E-state index contributed by atoms with van der Waals surface area (Å²) in [5.74, 6) is 1.81. The van der Waals surface area contributed by atoms with Crippen LogP contribution in [0.4, 0.5) is 0 Å². The lowest BCUT2D eigenvalue weighted by Crippen LogP contribution is -2.30. The Kier molecular flexibility index (Phi) is 3.98. The molecule has 0 heterocycles. The number of likely N-dealkylation sites (N-methyl/N-ethyl adjacent to an activating group) is 1. The molecule has 0 aromatic heterocycles. The van der Waals surface area contributed by atoms with Crippen LogP contribution in [0.15, 0.2) is 11.6 Å². The zero-order chi connectivity index (χ0) is 9.84. The first-order valence-corrected chi connectivity index (χ1v) is 5.45. The molecule has 1 heteroatoms. The molecule has 0 radical (unpaired) electrons. The summed E-state index contributed by atoms with van der Waals surface area (Å²) in [5, 5.41) is 3.42. The van der Waals surface area contributed by atoms with Gasteiger partial charge in [0.1, 0.15) is 0 Å². The van der Waals surface area contributed by atoms with Crippen molar-refractivity contribution in [3.63, 3.8) is 0 Å². The Morgan fingerprint density at radius 2 is 2.08 bits per heavy atom. The van der Waals surface area contributed by atoms with Crippen LogP contribution in [0.5, 0.6) is 0 Å². The molecule has 1 N–H and O–H groups in total. The van der Waals surface area contributed by atoms with Crippen LogP contribution in [0.1, 0.15) is 40.0 Å². The predicted molar refractivity (Wildman–Crippen MR) is 58.8 cm³/mol. The van der Waals surface area contributed by atoms with E-state index in [9.17, 15) is 0 Å². The van der Waals surface area contributed by atoms with Crippen molar-refractivity contribution in [2.75, 3.05) is 7.05 Å². The highest BCUT2D eigenvalue weighted by molar-refractivity contribution is 5.04. The van der Waals surface area contributed by atoms with Gasteiger partial charge in [-0.1, -0.05) is 25.0 Å². The fourth-order valence-electron chi connectivity index (χ4n) is 2.39. The van der Waals surface area contributed by atoms with Crippen molar-refractivity contribution in [3.8, 4) is 0 Å². The lowest BCUT2D eigenvalue weighted by molar-refractivity contribution is 0.422. The highest BCUT2D eigenvalue weighted by Crippen LogP contribution is 2.33. The molecule has 1 nitrogen and oxygen atoms in total. The quantitative estimate of drug-likeness (QED) is 0.660. The number of rotatable bonds is 3. The third kappa shape index (κ3) is 3.15. The molecule has 0 aromatic rings. The van der Waals surface area contributed by atoms with Gasteiger partial charge in [-0.15, -0.1) is 0 Å². The maximum atomic E-state index is 3.42. The molecule has 1 fully saturated rings. The fourth-order valence-corrected chi connectivity index (χ4v) is 2.39. The van der Waals surface area contributed by atoms with Crippen molar-refractivity contribution in [3.05, 3.63) is 11.6 Å². The smallest absolute Gasteiger partial charge is 0.0278 e. The van der Waals surface area contributed by atoms with Gasteiger partial charge in [0, 0.05) is 6.04 Å². The Bertz CT molecular complexity index is 180. The summed E-state index contributed by atoms with van der Waals surface area (Å²) >= 11 is 0. The maximum Gasteiger partial charge on any atom is 0.0278 e. The molecule has 76 valence electrons. The Hall–Kier alpha value is -0.300. The van der Waals surface area contributed by atoms with Crippen molar-refractivity contribution in [2.24, 2.45) is 11.8 Å². The van der Waals surface area contributed by atoms with Gasteiger partial charge in [0.25, 0.3) is 0 Å². The Balaban J connectivity index is 2.52. The number of hydrogen-bond acceptors (Lipinski definition) is 1. The van der Waals surface area contributed by atoms with Crippen molar-refractivity contribution >= 4 is 0 Å². The number of allylic oxidation sites excluding steroid dienone is 1. The van der Waals surface area contributed by atoms with Crippen LogP contribution in [0.2, 0.25) is 0 Å². The van der Waals surface area contributed by atoms with Crippen molar-refractivity contribution < 1.29 is 0 Å². The standard InChI is InChI=1S/C12H23N/c1-9(2)7-12(13-4)11-6-5-10(3)8-11/h7,10-13H,5-6,8H2,1-4H3. The van der Waals surface area contributed by atoms with Crippen LogP contribution in [-0.4, -0.2) is 13.1 Å². The van der Waals surface area contributed by atoms with Crippen LogP contribution in [0.3, 0.4) is 0 Å². The van der Waals surface area contributed by atoms with Crippen LogP contribution >= 0.6 is 0 Å². The molecule has 0 aliphatic heterocycles. The molecule has 1 saturated carbocycles. The molecule has 0 bridgehead atoms. The van der Waals surface area contributed by atoms with E-state index in [0.717, 1.165) is 11.8 Å². The normalized spacial score (nSPS) is 30.2. The summed E-state index contributed by atoms with van der Waals surface area (Å²) in [4.78, 5) is 0. The van der Waals surface area contributed by atoms with Gasteiger partial charge in [-0.3, -0.25) is 0 Å². The molecule has 3 unspecified atom stereocenters. The molecular weight excluding hydrogens is 158 g/mol. The zero-order valence-corrected chi connectivity index (χ0v) is 9.43. The van der Waals surface area contributed by atoms with Crippen molar-refractivity contribution in [1.29, 1.82) is 0 Å². The third-order valence-electron chi connectivity index (χ3n) is 3.09. The lowest BCUT2D eigenvalue weighted by atomic mass is 9.95. The second-order valence-electron chi connectivity index (χ2n) is 4.74. The van der Waals surface area contributed by atoms with E-state index in [4.69, 9.17) is 0 Å². The summed E-state index contributed by atoms with van der Waals surface area (Å²) in [6.07, 6.45) is 6.59. The Labute approximate surface area is 82.6 Å². The summed E-state index contributed by atoms with van der Waals surface area (Å²) in [6.45, 7) is 6.74. The van der Waals surface area contributed by atoms with E-state index in [0.29, 0.717) is 6.04 Å². The summed E-state index contributed by atoms with van der Waals surface area (Å²) < 4.78 is 0. The zero-order valence-electron chi connectivity index (χ0n) is 9.43. The van der Waals surface area contributed by atoms with E-state index in [1.54, 1.807) is 0 Å². The average Bonchev–Trinajstić information content (AvgIpc) is 2.47. The minimum atomic E-state index is 0.606. The average molecular weight is 181 g/mol. The minimum Gasteiger partial charge on any atom is -0.313 e. The second kappa shape index (κ2) is 4.80. The summed E-state index contributed by atoms with van der Waals surface area (Å²) in [7, 11) is 2.08. The largest absolute Gasteiger partial charge is 0.313 e. The predicted octanol–water partition coefficient (Wildman–Crippen LogP) is 2.98. The molecule has 1 rings (SSSR count). The molecular formula is C12H23N. The third-order valence-corrected chi connectivity index (χ3v) is 3.09. The first-order valence-electron chi connectivity index (χ1n) is 5.45. The first kappa shape index (κ1) is 10.8. The van der Waals surface area contributed by atoms with Gasteiger partial charge in [-0.05, 0) is 45.6 Å². The van der Waals surface area contributed by atoms with E-state index < -0.39 is 0 Å². The summed E-state index contributed by atoms with van der Waals surface area (Å²) in [5.41, 5.74) is 1.43. The molecule has 0 aromatic carbocycles. The molecule has 1 aliphatic carbocycles. The van der Waals surface area contributed by atoms with Gasteiger partial charge in [-0.2, -0.15) is 0 Å². The second-order valence-corrected chi connectivity index (χ2v) is 4.74. The molecule has 0 saturated heterocycles. The van der Waals surface area contributed by atoms with Crippen LogP contribution in [-0.2, 0) is 0 Å². The fraction of sp³-hybridized carbons (Fsp3) is 0.833. The molecule has 0 amide bonds. The number of hydrogen-bond donors (Lipinski definition) is 1. The topological polar surface area (TPSA) is 12.0 Å². The minimum absolute atomic E-state index is 0.606. The van der Waals surface area contributed by atoms with Crippen LogP contribution in [0.25, 0.3) is 0 Å². The SMILES string of the molecule is CNC(C=C(C)C)C1CCC(C)C1. The molecule has 3 atom stereocenters. The highest BCUT2D eigenvalue weighted by atomic mass is 14.9. The number of nitrogens with one attached hydrogen (secondary N) is 1. The van der Waals surface area contributed by atoms with Crippen molar-refractivity contribution in [2.45, 2.75) is 46.1 Å². The monoisotopic (exact) mass is 181 g/mol. The van der Waals surface area contributed by atoms with Gasteiger partial charge in [-0.25, -0.2) is 0 Å². The van der Waals surface area contributed by atoms with E-state index in [1.165, 1.54) is 24.8 Å². The Morgan fingerprint density at radius 3 is 2.46 bits per heavy atom. The lowest BCUT2D eigenvalue weighted by Gasteiger charge is -2.20. The highest BCUT2D eigenvalue weighted by Gasteiger charge is 2.26. The van der Waals surface area contributed by atoms with Crippen LogP contribution in [0, 0.1) is 11.8 Å². The molecule has 13 heavy (non-hydrogen) atoms. The van der Waals surface area contributed by atoms with Gasteiger partial charge >= 0.3 is 0 Å². The molecule has 0 spiro atoms. The van der Waals surface area contributed by atoms with Crippen molar-refractivity contribution in [1.82, 2.24) is 5.32 Å². The van der Waals surface area contributed by atoms with Gasteiger partial charge in [0.2, 0.25) is 0 Å². The van der Waals surface area contributed by atoms with E-state index in [1.807, 2.05) is 0 Å². The molecule has 1 aliphatic rings. The van der Waals surface area contributed by atoms with E-state index >= 15 is 0 Å². The van der Waals surface area contributed by atoms with Crippen LogP contribution < -0.4 is 5.32 Å². The van der Waals surface area contributed by atoms with E-state index in [2.05, 4.69) is 39.2 Å². The van der Waals surface area contributed by atoms with Gasteiger partial charge in [0.05, 0.1) is 0 Å². The van der Waals surface area contributed by atoms with E-state index in [-0.39, 0.29) is 0 Å².